The van der Waals surface area contributed by atoms with Gasteiger partial charge < -0.3 is 15.3 Å². The molecule has 0 aromatic heterocycles. The molecule has 1 saturated heterocycles. The van der Waals surface area contributed by atoms with Gasteiger partial charge in [0, 0.05) is 24.7 Å². The van der Waals surface area contributed by atoms with Crippen LogP contribution in [0.25, 0.3) is 0 Å². The summed E-state index contributed by atoms with van der Waals surface area (Å²) in [5.41, 5.74) is 2.87. The number of carboxylic acids is 1. The van der Waals surface area contributed by atoms with E-state index >= 15 is 0 Å². The zero-order valence-corrected chi connectivity index (χ0v) is 16.6. The van der Waals surface area contributed by atoms with E-state index in [9.17, 15) is 14.7 Å². The lowest BCUT2D eigenvalue weighted by Gasteiger charge is -2.34. The van der Waals surface area contributed by atoms with Crippen LogP contribution in [0.5, 0.6) is 0 Å². The summed E-state index contributed by atoms with van der Waals surface area (Å²) < 4.78 is 0. The molecule has 0 radical (unpaired) electrons. The van der Waals surface area contributed by atoms with Gasteiger partial charge in [0.25, 0.3) is 0 Å². The minimum Gasteiger partial charge on any atom is -0.478 e. The highest BCUT2D eigenvalue weighted by Crippen LogP contribution is 2.31. The molecular formula is C24H28N2O3. The van der Waals surface area contributed by atoms with Crippen LogP contribution in [0.1, 0.15) is 48.0 Å². The molecule has 0 atom stereocenters. The number of piperidine rings is 1. The van der Waals surface area contributed by atoms with Crippen molar-refractivity contribution in [2.45, 2.75) is 38.5 Å². The van der Waals surface area contributed by atoms with Gasteiger partial charge in [0.1, 0.15) is 0 Å². The van der Waals surface area contributed by atoms with Crippen LogP contribution in [0.4, 0.5) is 11.4 Å². The van der Waals surface area contributed by atoms with Crippen molar-refractivity contribution in [3.8, 4) is 0 Å². The van der Waals surface area contributed by atoms with Gasteiger partial charge in [-0.3, -0.25) is 4.79 Å². The Morgan fingerprint density at radius 3 is 2.34 bits per heavy atom. The summed E-state index contributed by atoms with van der Waals surface area (Å²) >= 11 is 0. The lowest BCUT2D eigenvalue weighted by Crippen LogP contribution is -2.34. The van der Waals surface area contributed by atoms with Crippen LogP contribution < -0.4 is 10.2 Å². The Balaban J connectivity index is 1.40. The summed E-state index contributed by atoms with van der Waals surface area (Å²) in [5.74, 6) is -0.378. The third-order valence-electron chi connectivity index (χ3n) is 6.31. The van der Waals surface area contributed by atoms with E-state index in [-0.39, 0.29) is 17.4 Å². The lowest BCUT2D eigenvalue weighted by molar-refractivity contribution is -0.122. The van der Waals surface area contributed by atoms with E-state index < -0.39 is 5.97 Å². The van der Waals surface area contributed by atoms with Gasteiger partial charge in [-0.2, -0.15) is 0 Å². The third-order valence-corrected chi connectivity index (χ3v) is 6.31. The van der Waals surface area contributed by atoms with Crippen molar-refractivity contribution < 1.29 is 14.7 Å². The van der Waals surface area contributed by atoms with Gasteiger partial charge in [0.15, 0.2) is 0 Å². The van der Waals surface area contributed by atoms with Gasteiger partial charge in [-0.15, -0.1) is 0 Å². The smallest absolute Gasteiger partial charge is 0.337 e. The molecule has 29 heavy (non-hydrogen) atoms. The van der Waals surface area contributed by atoms with E-state index in [1.165, 1.54) is 5.56 Å². The molecule has 5 heteroatoms. The third kappa shape index (κ3) is 4.61. The highest BCUT2D eigenvalue weighted by Gasteiger charge is 2.27. The molecule has 2 aliphatic rings. The number of hydrogen-bond acceptors (Lipinski definition) is 3. The number of benzene rings is 2. The zero-order valence-electron chi connectivity index (χ0n) is 16.6. The number of nitrogens with zero attached hydrogens (tertiary/aromatic N) is 1. The number of nitrogens with one attached hydrogen (secondary N) is 1. The van der Waals surface area contributed by atoms with E-state index in [1.54, 1.807) is 12.1 Å². The average molecular weight is 392 g/mol. The minimum absolute atomic E-state index is 0.0277. The first-order valence-corrected chi connectivity index (χ1v) is 10.6. The Labute approximate surface area is 171 Å². The molecule has 1 aliphatic heterocycles. The number of amides is 1. The molecular weight excluding hydrogens is 364 g/mol. The normalized spacial score (nSPS) is 17.6. The zero-order chi connectivity index (χ0) is 20.2. The predicted octanol–water partition coefficient (Wildman–Crippen LogP) is 4.58. The average Bonchev–Trinajstić information content (AvgIpc) is 2.68. The number of hydrogen-bond donors (Lipinski definition) is 2. The van der Waals surface area contributed by atoms with Gasteiger partial charge in [-0.25, -0.2) is 4.79 Å². The summed E-state index contributed by atoms with van der Waals surface area (Å²) in [6.07, 6.45) is 6.15. The van der Waals surface area contributed by atoms with Gasteiger partial charge in [-0.05, 0) is 61.8 Å². The van der Waals surface area contributed by atoms with Gasteiger partial charge in [0.2, 0.25) is 5.91 Å². The Bertz CT molecular complexity index is 869. The van der Waals surface area contributed by atoms with Crippen LogP contribution in [-0.2, 0) is 11.2 Å². The van der Waals surface area contributed by atoms with E-state index in [1.807, 2.05) is 12.1 Å². The van der Waals surface area contributed by atoms with E-state index in [2.05, 4.69) is 34.5 Å². The molecule has 1 heterocycles. The highest BCUT2D eigenvalue weighted by molar-refractivity contribution is 6.02. The Kier molecular flexibility index (Phi) is 5.84. The van der Waals surface area contributed by atoms with Crippen LogP contribution in [0.2, 0.25) is 0 Å². The van der Waals surface area contributed by atoms with E-state index in [4.69, 9.17) is 0 Å². The summed E-state index contributed by atoms with van der Waals surface area (Å²) in [4.78, 5) is 26.3. The summed E-state index contributed by atoms with van der Waals surface area (Å²) in [6.45, 7) is 1.84. The second-order valence-electron chi connectivity index (χ2n) is 8.27. The molecule has 0 unspecified atom stereocenters. The number of carbonyl (C=O) groups excluding carboxylic acids is 1. The van der Waals surface area contributed by atoms with E-state index in [0.717, 1.165) is 57.3 Å². The lowest BCUT2D eigenvalue weighted by atomic mass is 9.84. The van der Waals surface area contributed by atoms with Crippen LogP contribution in [0.3, 0.4) is 0 Å². The van der Waals surface area contributed by atoms with Crippen LogP contribution in [0, 0.1) is 11.8 Å². The monoisotopic (exact) mass is 392 g/mol. The van der Waals surface area contributed by atoms with Gasteiger partial charge in [0.05, 0.1) is 11.3 Å². The number of anilines is 2. The molecule has 1 saturated carbocycles. The summed E-state index contributed by atoms with van der Waals surface area (Å²) in [7, 11) is 0. The highest BCUT2D eigenvalue weighted by atomic mass is 16.4. The fraction of sp³-hybridized carbons (Fsp3) is 0.417. The second-order valence-corrected chi connectivity index (χ2v) is 8.27. The molecule has 5 nitrogen and oxygen atoms in total. The van der Waals surface area contributed by atoms with E-state index in [0.29, 0.717) is 11.6 Å². The molecule has 2 aromatic rings. The number of carbonyl (C=O) groups is 2. The first kappa shape index (κ1) is 19.5. The number of rotatable bonds is 6. The molecule has 0 spiro atoms. The van der Waals surface area contributed by atoms with Crippen molar-refractivity contribution in [3.05, 3.63) is 59.7 Å². The first-order valence-electron chi connectivity index (χ1n) is 10.6. The molecule has 1 amide bonds. The molecule has 1 aliphatic carbocycles. The molecule has 2 N–H and O–H groups in total. The first-order chi connectivity index (χ1) is 14.1. The standard InChI is InChI=1S/C24H28N2O3/c27-23(19-7-4-8-19)25-22-10-9-20(16-21(22)24(28)29)26-13-11-18(12-14-26)15-17-5-2-1-3-6-17/h1-3,5-6,9-10,16,18-19H,4,7-8,11-15H2,(H,25,27)(H,28,29). The topological polar surface area (TPSA) is 69.6 Å². The van der Waals surface area contributed by atoms with Gasteiger partial charge >= 0.3 is 5.97 Å². The van der Waals surface area contributed by atoms with Crippen molar-refractivity contribution in [1.29, 1.82) is 0 Å². The molecule has 0 bridgehead atoms. The second kappa shape index (κ2) is 8.68. The van der Waals surface area contributed by atoms with Crippen molar-refractivity contribution in [1.82, 2.24) is 0 Å². The minimum atomic E-state index is -1.00. The quantitative estimate of drug-likeness (QED) is 0.755. The maximum Gasteiger partial charge on any atom is 0.337 e. The van der Waals surface area contributed by atoms with Crippen molar-refractivity contribution in [3.63, 3.8) is 0 Å². The SMILES string of the molecule is O=C(O)c1cc(N2CCC(Cc3ccccc3)CC2)ccc1NC(=O)C1CCC1. The van der Waals surface area contributed by atoms with Crippen LogP contribution in [0.15, 0.2) is 48.5 Å². The molecule has 2 aromatic carbocycles. The van der Waals surface area contributed by atoms with Gasteiger partial charge in [-0.1, -0.05) is 36.8 Å². The van der Waals surface area contributed by atoms with Crippen LogP contribution in [-0.4, -0.2) is 30.1 Å². The number of carboxylic acid groups (broad SMARTS) is 1. The molecule has 152 valence electrons. The Morgan fingerprint density at radius 2 is 1.72 bits per heavy atom. The Hall–Kier alpha value is -2.82. The predicted molar refractivity (Wildman–Crippen MR) is 114 cm³/mol. The fourth-order valence-electron chi connectivity index (χ4n) is 4.26. The number of aromatic carboxylic acids is 1. The van der Waals surface area contributed by atoms with Crippen LogP contribution >= 0.6 is 0 Å². The van der Waals surface area contributed by atoms with Crippen molar-refractivity contribution >= 4 is 23.3 Å². The maximum absolute atomic E-state index is 12.2. The maximum atomic E-state index is 12.2. The van der Waals surface area contributed by atoms with Crippen molar-refractivity contribution in [2.75, 3.05) is 23.3 Å². The summed E-state index contributed by atoms with van der Waals surface area (Å²) in [5, 5.41) is 12.5. The van der Waals surface area contributed by atoms with Crippen molar-refractivity contribution in [2.24, 2.45) is 11.8 Å². The molecule has 2 fully saturated rings. The Morgan fingerprint density at radius 1 is 1.00 bits per heavy atom. The molecule has 4 rings (SSSR count). The fourth-order valence-corrected chi connectivity index (χ4v) is 4.26. The summed E-state index contributed by atoms with van der Waals surface area (Å²) in [6, 6.07) is 16.0. The largest absolute Gasteiger partial charge is 0.478 e.